The van der Waals surface area contributed by atoms with Crippen molar-refractivity contribution in [1.29, 1.82) is 0 Å². The summed E-state index contributed by atoms with van der Waals surface area (Å²) in [6.07, 6.45) is 3.26. The molecule has 4 aromatic heterocycles. The molecule has 2 atom stereocenters. The van der Waals surface area contributed by atoms with E-state index in [0.717, 1.165) is 4.57 Å². The molecule has 0 aliphatic rings. The van der Waals surface area contributed by atoms with E-state index in [4.69, 9.17) is 0 Å². The van der Waals surface area contributed by atoms with Crippen LogP contribution in [0.3, 0.4) is 0 Å². The SMILES string of the molecule is CNc1cc(Nc2cccn(-c3ncccc3F)c2=O)nc2c(C(O)NCC(C)CO)cnn12. The van der Waals surface area contributed by atoms with Crippen molar-refractivity contribution in [3.8, 4) is 5.82 Å². The van der Waals surface area contributed by atoms with Crippen molar-refractivity contribution in [2.75, 3.05) is 30.8 Å². The van der Waals surface area contributed by atoms with Gasteiger partial charge in [-0.3, -0.25) is 14.7 Å². The normalized spacial score (nSPS) is 13.1. The highest BCUT2D eigenvalue weighted by atomic mass is 19.1. The first kappa shape index (κ1) is 23.3. The molecule has 0 aliphatic carbocycles. The minimum Gasteiger partial charge on any atom is -0.396 e. The number of hydrogen-bond acceptors (Lipinski definition) is 9. The Bertz CT molecular complexity index is 1360. The second kappa shape index (κ2) is 9.95. The third-order valence-electron chi connectivity index (χ3n) is 5.20. The number of fused-ring (bicyclic) bond motifs is 1. The highest BCUT2D eigenvalue weighted by molar-refractivity contribution is 5.65. The number of halogens is 1. The molecule has 0 amide bonds. The van der Waals surface area contributed by atoms with Gasteiger partial charge >= 0.3 is 0 Å². The molecule has 11 nitrogen and oxygen atoms in total. The molecule has 0 spiro atoms. The van der Waals surface area contributed by atoms with Crippen LogP contribution in [0.2, 0.25) is 0 Å². The third-order valence-corrected chi connectivity index (χ3v) is 5.20. The molecule has 0 saturated heterocycles. The Kier molecular flexibility index (Phi) is 6.82. The van der Waals surface area contributed by atoms with Crippen LogP contribution in [0.25, 0.3) is 11.5 Å². The molecule has 0 fully saturated rings. The van der Waals surface area contributed by atoms with Gasteiger partial charge in [0, 0.05) is 38.7 Å². The summed E-state index contributed by atoms with van der Waals surface area (Å²) in [5, 5.41) is 33.0. The second-order valence-corrected chi connectivity index (χ2v) is 7.74. The first-order valence-electron chi connectivity index (χ1n) is 10.6. The maximum atomic E-state index is 14.2. The predicted molar refractivity (Wildman–Crippen MR) is 125 cm³/mol. The van der Waals surface area contributed by atoms with Crippen LogP contribution in [0.15, 0.2) is 53.7 Å². The van der Waals surface area contributed by atoms with Crippen LogP contribution in [0, 0.1) is 11.7 Å². The van der Waals surface area contributed by atoms with E-state index in [0.29, 0.717) is 29.4 Å². The maximum absolute atomic E-state index is 14.2. The number of pyridine rings is 2. The van der Waals surface area contributed by atoms with Crippen LogP contribution in [-0.4, -0.2) is 54.6 Å². The Balaban J connectivity index is 1.70. The third kappa shape index (κ3) is 4.59. The van der Waals surface area contributed by atoms with Crippen LogP contribution in [0.5, 0.6) is 0 Å². The van der Waals surface area contributed by atoms with E-state index in [1.165, 1.54) is 35.2 Å². The van der Waals surface area contributed by atoms with Gasteiger partial charge in [-0.1, -0.05) is 6.92 Å². The summed E-state index contributed by atoms with van der Waals surface area (Å²) in [7, 11) is 1.71. The van der Waals surface area contributed by atoms with Crippen LogP contribution in [0.1, 0.15) is 18.7 Å². The molecule has 0 aliphatic heterocycles. The van der Waals surface area contributed by atoms with Crippen molar-refractivity contribution in [3.05, 3.63) is 70.7 Å². The van der Waals surface area contributed by atoms with E-state index in [2.05, 4.69) is 31.0 Å². The van der Waals surface area contributed by atoms with Crippen LogP contribution in [0.4, 0.5) is 21.7 Å². The second-order valence-electron chi connectivity index (χ2n) is 7.74. The van der Waals surface area contributed by atoms with E-state index in [1.54, 1.807) is 25.2 Å². The molecule has 0 aromatic carbocycles. The number of rotatable bonds is 9. The van der Waals surface area contributed by atoms with Crippen LogP contribution < -0.4 is 21.5 Å². The molecule has 178 valence electrons. The molecule has 0 saturated carbocycles. The van der Waals surface area contributed by atoms with Crippen molar-refractivity contribution in [1.82, 2.24) is 29.5 Å². The summed E-state index contributed by atoms with van der Waals surface area (Å²) in [5.41, 5.74) is 0.425. The molecule has 0 radical (unpaired) electrons. The lowest BCUT2D eigenvalue weighted by Crippen LogP contribution is -2.27. The Morgan fingerprint density at radius 1 is 1.26 bits per heavy atom. The van der Waals surface area contributed by atoms with Gasteiger partial charge in [0.15, 0.2) is 17.3 Å². The van der Waals surface area contributed by atoms with Crippen molar-refractivity contribution in [3.63, 3.8) is 0 Å². The largest absolute Gasteiger partial charge is 0.396 e. The van der Waals surface area contributed by atoms with Gasteiger partial charge in [0.1, 0.15) is 23.6 Å². The van der Waals surface area contributed by atoms with Gasteiger partial charge in [0.25, 0.3) is 5.56 Å². The van der Waals surface area contributed by atoms with Gasteiger partial charge in [-0.2, -0.15) is 9.61 Å². The number of hydrogen-bond donors (Lipinski definition) is 5. The summed E-state index contributed by atoms with van der Waals surface area (Å²) in [4.78, 5) is 21.5. The quantitative estimate of drug-likeness (QED) is 0.231. The Hall–Kier alpha value is -3.87. The van der Waals surface area contributed by atoms with Gasteiger partial charge in [0.2, 0.25) is 0 Å². The fourth-order valence-corrected chi connectivity index (χ4v) is 3.35. The molecule has 4 heterocycles. The lowest BCUT2D eigenvalue weighted by molar-refractivity contribution is 0.126. The molecule has 12 heteroatoms. The van der Waals surface area contributed by atoms with Gasteiger partial charge < -0.3 is 20.8 Å². The number of nitrogens with one attached hydrogen (secondary N) is 3. The summed E-state index contributed by atoms with van der Waals surface area (Å²) < 4.78 is 16.8. The fourth-order valence-electron chi connectivity index (χ4n) is 3.35. The van der Waals surface area contributed by atoms with Crippen molar-refractivity contribution < 1.29 is 14.6 Å². The topological polar surface area (TPSA) is 142 Å². The minimum absolute atomic E-state index is 0.0122. The van der Waals surface area contributed by atoms with Crippen LogP contribution >= 0.6 is 0 Å². The Labute approximate surface area is 193 Å². The van der Waals surface area contributed by atoms with E-state index in [-0.39, 0.29) is 24.0 Å². The predicted octanol–water partition coefficient (Wildman–Crippen LogP) is 1.41. The molecular weight excluding hydrogens is 443 g/mol. The molecule has 4 rings (SSSR count). The zero-order valence-electron chi connectivity index (χ0n) is 18.6. The number of aromatic nitrogens is 5. The van der Waals surface area contributed by atoms with Gasteiger partial charge in [-0.15, -0.1) is 0 Å². The molecule has 2 unspecified atom stereocenters. The average Bonchev–Trinajstić information content (AvgIpc) is 3.27. The molecular formula is C22H25FN8O3. The average molecular weight is 468 g/mol. The van der Waals surface area contributed by atoms with E-state index in [9.17, 15) is 19.4 Å². The first-order chi connectivity index (χ1) is 16.4. The van der Waals surface area contributed by atoms with E-state index >= 15 is 0 Å². The lowest BCUT2D eigenvalue weighted by atomic mass is 10.2. The lowest BCUT2D eigenvalue weighted by Gasteiger charge is -2.15. The fraction of sp³-hybridized carbons (Fsp3) is 0.273. The number of anilines is 3. The number of aliphatic hydroxyl groups is 2. The Morgan fingerprint density at radius 3 is 2.82 bits per heavy atom. The van der Waals surface area contributed by atoms with Crippen molar-refractivity contribution >= 4 is 23.0 Å². The summed E-state index contributed by atoms with van der Waals surface area (Å²) >= 11 is 0. The van der Waals surface area contributed by atoms with Gasteiger partial charge in [-0.25, -0.2) is 14.4 Å². The molecule has 5 N–H and O–H groups in total. The zero-order chi connectivity index (χ0) is 24.2. The zero-order valence-corrected chi connectivity index (χ0v) is 18.6. The van der Waals surface area contributed by atoms with E-state index < -0.39 is 17.6 Å². The highest BCUT2D eigenvalue weighted by Crippen LogP contribution is 2.23. The maximum Gasteiger partial charge on any atom is 0.280 e. The summed E-state index contributed by atoms with van der Waals surface area (Å²) in [6.45, 7) is 2.22. The molecule has 4 aromatic rings. The summed E-state index contributed by atoms with van der Waals surface area (Å²) in [5.74, 6) is 0.0887. The van der Waals surface area contributed by atoms with E-state index in [1.807, 2.05) is 6.92 Å². The minimum atomic E-state index is -1.07. The van der Waals surface area contributed by atoms with Gasteiger partial charge in [-0.05, 0) is 30.2 Å². The molecule has 0 bridgehead atoms. The standard InChI is InChI=1S/C22H25FN8O3/c1-13(12-32)10-26-21(33)14-11-27-31-18(24-2)9-17(29-19(14)31)28-16-6-4-8-30(22(16)34)20-15(23)5-3-7-25-20/h3-9,11,13,21,24,26,32-33H,10,12H2,1-2H3,(H,28,29). The first-order valence-corrected chi connectivity index (χ1v) is 10.6. The van der Waals surface area contributed by atoms with Gasteiger partial charge in [0.05, 0.1) is 11.8 Å². The Morgan fingerprint density at radius 2 is 2.09 bits per heavy atom. The van der Waals surface area contributed by atoms with Crippen LogP contribution in [-0.2, 0) is 0 Å². The summed E-state index contributed by atoms with van der Waals surface area (Å²) in [6, 6.07) is 7.46. The van der Waals surface area contributed by atoms with Crippen molar-refractivity contribution in [2.24, 2.45) is 5.92 Å². The molecule has 34 heavy (non-hydrogen) atoms. The highest BCUT2D eigenvalue weighted by Gasteiger charge is 2.19. The number of nitrogens with zero attached hydrogens (tertiary/aromatic N) is 5. The smallest absolute Gasteiger partial charge is 0.280 e. The number of aliphatic hydroxyl groups excluding tert-OH is 2. The monoisotopic (exact) mass is 468 g/mol. The van der Waals surface area contributed by atoms with Crippen molar-refractivity contribution in [2.45, 2.75) is 13.2 Å².